The Balaban J connectivity index is 1.86. The van der Waals surface area contributed by atoms with Gasteiger partial charge in [-0.3, -0.25) is 0 Å². The monoisotopic (exact) mass is 280 g/mol. The molecular weight excluding hydrogens is 256 g/mol. The van der Waals surface area contributed by atoms with Gasteiger partial charge < -0.3 is 11.1 Å². The fourth-order valence-electron chi connectivity index (χ4n) is 2.96. The second kappa shape index (κ2) is 6.88. The third-order valence-corrected chi connectivity index (χ3v) is 4.34. The van der Waals surface area contributed by atoms with Crippen LogP contribution in [0.15, 0.2) is 60.7 Å². The minimum absolute atomic E-state index is 0.287. The number of hydrogen-bond acceptors (Lipinski definition) is 2. The summed E-state index contributed by atoms with van der Waals surface area (Å²) in [5, 5.41) is 3.70. The molecule has 1 unspecified atom stereocenters. The van der Waals surface area contributed by atoms with Crippen LogP contribution in [0.3, 0.4) is 0 Å². The van der Waals surface area contributed by atoms with Crippen molar-refractivity contribution in [2.45, 2.75) is 24.8 Å². The van der Waals surface area contributed by atoms with Crippen LogP contribution in [0, 0.1) is 5.92 Å². The maximum atomic E-state index is 6.09. The van der Waals surface area contributed by atoms with Crippen molar-refractivity contribution in [3.05, 3.63) is 71.8 Å². The lowest BCUT2D eigenvalue weighted by Crippen LogP contribution is -2.42. The smallest absolute Gasteiger partial charge is 0.0299 e. The van der Waals surface area contributed by atoms with Gasteiger partial charge in [-0.15, -0.1) is 0 Å². The molecule has 0 bridgehead atoms. The molecule has 0 amide bonds. The summed E-state index contributed by atoms with van der Waals surface area (Å²) >= 11 is 0. The second-order valence-electron chi connectivity index (χ2n) is 5.99. The number of nitrogens with two attached hydrogens (primary N) is 1. The van der Waals surface area contributed by atoms with E-state index in [9.17, 15) is 0 Å². The van der Waals surface area contributed by atoms with Gasteiger partial charge >= 0.3 is 0 Å². The predicted molar refractivity (Wildman–Crippen MR) is 88.3 cm³/mol. The van der Waals surface area contributed by atoms with Crippen molar-refractivity contribution in [2.24, 2.45) is 11.7 Å². The third-order valence-electron chi connectivity index (χ3n) is 4.34. The van der Waals surface area contributed by atoms with Gasteiger partial charge in [0, 0.05) is 18.5 Å². The highest BCUT2D eigenvalue weighted by molar-refractivity contribution is 5.34. The average molecular weight is 280 g/mol. The van der Waals surface area contributed by atoms with Crippen LogP contribution in [-0.2, 0) is 0 Å². The highest BCUT2D eigenvalue weighted by Gasteiger charge is 2.27. The molecule has 0 aromatic heterocycles. The highest BCUT2D eigenvalue weighted by Crippen LogP contribution is 2.30. The molecule has 0 aliphatic heterocycles. The van der Waals surface area contributed by atoms with E-state index in [0.717, 1.165) is 12.5 Å². The molecule has 1 aliphatic rings. The maximum Gasteiger partial charge on any atom is 0.0299 e. The van der Waals surface area contributed by atoms with E-state index in [-0.39, 0.29) is 6.04 Å². The van der Waals surface area contributed by atoms with Crippen LogP contribution in [0.4, 0.5) is 0 Å². The van der Waals surface area contributed by atoms with Crippen molar-refractivity contribution in [1.29, 1.82) is 0 Å². The Bertz CT molecular complexity index is 495. The molecule has 2 aromatic carbocycles. The fourth-order valence-corrected chi connectivity index (χ4v) is 2.96. The van der Waals surface area contributed by atoms with Crippen molar-refractivity contribution in [1.82, 2.24) is 5.32 Å². The second-order valence-corrected chi connectivity index (χ2v) is 5.99. The van der Waals surface area contributed by atoms with Crippen LogP contribution in [0.25, 0.3) is 0 Å². The van der Waals surface area contributed by atoms with Gasteiger partial charge in [-0.1, -0.05) is 60.7 Å². The molecule has 0 heterocycles. The Morgan fingerprint density at radius 1 is 0.905 bits per heavy atom. The van der Waals surface area contributed by atoms with E-state index >= 15 is 0 Å². The molecule has 1 atom stereocenters. The van der Waals surface area contributed by atoms with Crippen molar-refractivity contribution in [2.75, 3.05) is 13.1 Å². The Hall–Kier alpha value is -1.64. The van der Waals surface area contributed by atoms with Crippen LogP contribution in [0.5, 0.6) is 0 Å². The summed E-state index contributed by atoms with van der Waals surface area (Å²) in [4.78, 5) is 0. The van der Waals surface area contributed by atoms with Crippen LogP contribution in [0.2, 0.25) is 0 Å². The quantitative estimate of drug-likeness (QED) is 0.817. The summed E-state index contributed by atoms with van der Waals surface area (Å²) < 4.78 is 0. The lowest BCUT2D eigenvalue weighted by Gasteiger charge is -2.28. The molecule has 1 fully saturated rings. The summed E-state index contributed by atoms with van der Waals surface area (Å²) in [6.07, 6.45) is 2.73. The van der Waals surface area contributed by atoms with E-state index < -0.39 is 0 Å². The van der Waals surface area contributed by atoms with Gasteiger partial charge in [-0.2, -0.15) is 0 Å². The summed E-state index contributed by atoms with van der Waals surface area (Å²) in [5.74, 6) is 1.18. The summed E-state index contributed by atoms with van der Waals surface area (Å²) in [7, 11) is 0. The minimum atomic E-state index is 0.287. The molecule has 0 radical (unpaired) electrons. The number of hydrogen-bond donors (Lipinski definition) is 2. The number of nitrogens with one attached hydrogen (secondary N) is 1. The fraction of sp³-hybridized carbons (Fsp3) is 0.368. The summed E-state index contributed by atoms with van der Waals surface area (Å²) in [6, 6.07) is 21.7. The van der Waals surface area contributed by atoms with Gasteiger partial charge in [-0.25, -0.2) is 0 Å². The third kappa shape index (κ3) is 3.72. The topological polar surface area (TPSA) is 38.0 Å². The minimum Gasteiger partial charge on any atom is -0.329 e. The lowest BCUT2D eigenvalue weighted by atomic mass is 9.85. The van der Waals surface area contributed by atoms with Crippen LogP contribution in [-0.4, -0.2) is 19.1 Å². The van der Waals surface area contributed by atoms with Crippen molar-refractivity contribution in [3.63, 3.8) is 0 Å². The standard InChI is InChI=1S/C19H24N2/c20-13-18(21-14-15-11-12-15)19(16-7-3-1-4-8-16)17-9-5-2-6-10-17/h1-10,15,18-19,21H,11-14,20H2. The largest absolute Gasteiger partial charge is 0.329 e. The Morgan fingerprint density at radius 3 is 1.86 bits per heavy atom. The number of benzene rings is 2. The SMILES string of the molecule is NCC(NCC1CC1)C(c1ccccc1)c1ccccc1. The van der Waals surface area contributed by atoms with Crippen LogP contribution in [0.1, 0.15) is 29.9 Å². The van der Waals surface area contributed by atoms with E-state index in [0.29, 0.717) is 12.5 Å². The van der Waals surface area contributed by atoms with Gasteiger partial charge in [0.25, 0.3) is 0 Å². The lowest BCUT2D eigenvalue weighted by molar-refractivity contribution is 0.462. The first-order chi connectivity index (χ1) is 10.4. The van der Waals surface area contributed by atoms with Gasteiger partial charge in [0.15, 0.2) is 0 Å². The zero-order valence-electron chi connectivity index (χ0n) is 12.4. The summed E-state index contributed by atoms with van der Waals surface area (Å²) in [6.45, 7) is 1.75. The van der Waals surface area contributed by atoms with Gasteiger partial charge in [0.1, 0.15) is 0 Å². The molecule has 1 saturated carbocycles. The van der Waals surface area contributed by atoms with Crippen LogP contribution >= 0.6 is 0 Å². The summed E-state index contributed by atoms with van der Waals surface area (Å²) in [5.41, 5.74) is 8.76. The molecule has 2 nitrogen and oxygen atoms in total. The molecule has 110 valence electrons. The molecule has 3 N–H and O–H groups in total. The highest BCUT2D eigenvalue weighted by atomic mass is 14.9. The molecule has 2 aromatic rings. The first kappa shape index (κ1) is 14.3. The van der Waals surface area contributed by atoms with Crippen molar-refractivity contribution in [3.8, 4) is 0 Å². The first-order valence-electron chi connectivity index (χ1n) is 7.92. The zero-order chi connectivity index (χ0) is 14.5. The van der Waals surface area contributed by atoms with Gasteiger partial charge in [0.05, 0.1) is 0 Å². The van der Waals surface area contributed by atoms with E-state index in [1.807, 2.05) is 0 Å². The molecule has 3 rings (SSSR count). The molecule has 21 heavy (non-hydrogen) atoms. The maximum absolute atomic E-state index is 6.09. The molecular formula is C19H24N2. The van der Waals surface area contributed by atoms with E-state index in [1.165, 1.54) is 24.0 Å². The van der Waals surface area contributed by atoms with E-state index in [4.69, 9.17) is 5.73 Å². The number of rotatable bonds is 7. The van der Waals surface area contributed by atoms with Gasteiger partial charge in [0.2, 0.25) is 0 Å². The molecule has 1 aliphatic carbocycles. The van der Waals surface area contributed by atoms with E-state index in [1.54, 1.807) is 0 Å². The zero-order valence-corrected chi connectivity index (χ0v) is 12.4. The molecule has 2 heteroatoms. The van der Waals surface area contributed by atoms with Crippen LogP contribution < -0.4 is 11.1 Å². The molecule has 0 spiro atoms. The Labute approximate surface area is 127 Å². The van der Waals surface area contributed by atoms with Crippen molar-refractivity contribution >= 4 is 0 Å². The molecule has 0 saturated heterocycles. The Kier molecular flexibility index (Phi) is 4.69. The first-order valence-corrected chi connectivity index (χ1v) is 7.92. The average Bonchev–Trinajstić information content (AvgIpc) is 3.37. The van der Waals surface area contributed by atoms with Gasteiger partial charge in [-0.05, 0) is 36.4 Å². The van der Waals surface area contributed by atoms with Crippen molar-refractivity contribution < 1.29 is 0 Å². The van der Waals surface area contributed by atoms with E-state index in [2.05, 4.69) is 66.0 Å². The predicted octanol–water partition coefficient (Wildman–Crippen LogP) is 3.15. The normalized spacial score (nSPS) is 16.1. The Morgan fingerprint density at radius 2 is 1.43 bits per heavy atom.